The molecule has 9 rings (SSSR count). The fourth-order valence-corrected chi connectivity index (χ4v) is 16.5. The normalized spacial score (nSPS) is 51.4. The number of allylic oxidation sites excluding steroid dienone is 1. The smallest absolute Gasteiger partial charge is 0.397 e. The van der Waals surface area contributed by atoms with Gasteiger partial charge in [-0.3, -0.25) is 9.35 Å². The van der Waals surface area contributed by atoms with Crippen molar-refractivity contribution in [2.45, 2.75) is 246 Å². The van der Waals surface area contributed by atoms with E-state index in [4.69, 9.17) is 51.6 Å². The lowest BCUT2D eigenvalue weighted by molar-refractivity contribution is -0.389. The summed E-state index contributed by atoms with van der Waals surface area (Å²) in [5.74, 6) is -1.07. The van der Waals surface area contributed by atoms with Gasteiger partial charge in [0.15, 0.2) is 30.8 Å². The summed E-state index contributed by atoms with van der Waals surface area (Å²) in [6.07, 6.45) is -26.6. The third-order valence-electron chi connectivity index (χ3n) is 20.3. The maximum Gasteiger partial charge on any atom is 0.397 e. The van der Waals surface area contributed by atoms with Gasteiger partial charge in [-0.2, -0.15) is 8.42 Å². The molecule has 28 heteroatoms. The van der Waals surface area contributed by atoms with Crippen molar-refractivity contribution in [2.75, 3.05) is 26.9 Å². The minimum atomic E-state index is -5.20. The van der Waals surface area contributed by atoms with Gasteiger partial charge in [0, 0.05) is 7.11 Å². The largest absolute Gasteiger partial charge is 0.451 e. The van der Waals surface area contributed by atoms with Gasteiger partial charge in [0.1, 0.15) is 96.5 Å². The lowest BCUT2D eigenvalue weighted by Crippen LogP contribution is -2.68. The molecule has 0 radical (unpaired) electrons. The van der Waals surface area contributed by atoms with Gasteiger partial charge >= 0.3 is 16.4 Å². The van der Waals surface area contributed by atoms with Gasteiger partial charge in [-0.15, -0.1) is 0 Å². The number of cyclic esters (lactones) is 1. The number of carbonyl (C=O) groups is 1. The molecule has 5 aliphatic heterocycles. The van der Waals surface area contributed by atoms with E-state index >= 15 is 0 Å². The van der Waals surface area contributed by atoms with Crippen LogP contribution in [0.15, 0.2) is 23.8 Å². The van der Waals surface area contributed by atoms with Crippen molar-refractivity contribution in [1.29, 1.82) is 0 Å². The van der Waals surface area contributed by atoms with Crippen LogP contribution < -0.4 is 0 Å². The van der Waals surface area contributed by atoms with Crippen molar-refractivity contribution in [3.63, 3.8) is 0 Å². The van der Waals surface area contributed by atoms with Gasteiger partial charge in [0.25, 0.3) is 0 Å². The first-order valence-electron chi connectivity index (χ1n) is 28.2. The van der Waals surface area contributed by atoms with E-state index in [1.807, 2.05) is 20.8 Å². The predicted octanol–water partition coefficient (Wildman–Crippen LogP) is -2.50. The van der Waals surface area contributed by atoms with Gasteiger partial charge < -0.3 is 109 Å². The average Bonchev–Trinajstić information content (AvgIpc) is 1.87. The molecule has 0 aromatic carbocycles. The zero-order chi connectivity index (χ0) is 60.4. The van der Waals surface area contributed by atoms with Gasteiger partial charge in [-0.25, -0.2) is 4.18 Å². The van der Waals surface area contributed by atoms with Crippen LogP contribution in [-0.4, -0.2) is 253 Å². The first kappa shape index (κ1) is 64.5. The fraction of sp³-hybridized carbons (Fsp3) is 0.907. The van der Waals surface area contributed by atoms with Crippen LogP contribution >= 0.6 is 0 Å². The molecule has 5 saturated heterocycles. The lowest BCUT2D eigenvalue weighted by atomic mass is 9.40. The Kier molecular flexibility index (Phi) is 18.0. The summed E-state index contributed by atoms with van der Waals surface area (Å²) in [4.78, 5) is 14.5. The van der Waals surface area contributed by atoms with E-state index in [1.54, 1.807) is 39.0 Å². The molecule has 3 saturated carbocycles. The van der Waals surface area contributed by atoms with Crippen LogP contribution in [0.4, 0.5) is 0 Å². The number of fused-ring (bicyclic) bond motifs is 4. The second-order valence-corrected chi connectivity index (χ2v) is 27.1. The van der Waals surface area contributed by atoms with Crippen molar-refractivity contribution in [2.24, 2.45) is 33.5 Å². The number of methoxy groups -OCH3 is 1. The molecule has 0 amide bonds. The summed E-state index contributed by atoms with van der Waals surface area (Å²) in [6, 6.07) is 0. The highest BCUT2D eigenvalue weighted by molar-refractivity contribution is 7.80. The number of rotatable bonds is 16. The molecule has 470 valence electrons. The molecule has 0 aromatic rings. The number of carbonyl (C=O) groups excluding carboxylic acids is 1. The Morgan fingerprint density at radius 1 is 0.720 bits per heavy atom. The number of esters is 1. The van der Waals surface area contributed by atoms with Gasteiger partial charge in [0.2, 0.25) is 0 Å². The standard InChI is InChI=1S/C54H86O27S/c1-23-39(77-45-38(64)41(33(59)27(21-56)75-45)78-44-37(63)40(71-9)32(58)26(20-55)74-44)35(61)36(62)43(73-23)79-42-34(60)28(81-82(68,69)70)22-72-46(42)76-31-13-16-50(6)25-19-30(57)54-47(65)80-52(8,15-10-14-48(2,3)66)53(54,67)18-17-51(54,7)24(25)11-12-29(50)49(31,4)5/h10,15,19,23-24,26-46,55-64,66-67H,11-14,16-18,20-22H2,1-9H3,(H,68,69,70)/b15-10+/t23-,24-,26-,27-,28-,29?,30+,31+,32-,33-,34+,35-,36-,37-,38-,39-,40+,41+,42-,43+,44+,45+,46+,50-,51+,52+,53+,54-/m1/s1. The molecule has 82 heavy (non-hydrogen) atoms. The van der Waals surface area contributed by atoms with E-state index in [9.17, 15) is 79.0 Å². The van der Waals surface area contributed by atoms with E-state index < -0.39 is 204 Å². The topological polar surface area (TPSA) is 416 Å². The molecule has 0 bridgehead atoms. The maximum absolute atomic E-state index is 14.5. The van der Waals surface area contributed by atoms with E-state index in [0.29, 0.717) is 32.1 Å². The molecule has 0 aromatic heterocycles. The monoisotopic (exact) mass is 1200 g/mol. The molecular weight excluding hydrogens is 1110 g/mol. The highest BCUT2D eigenvalue weighted by atomic mass is 32.3. The second-order valence-electron chi connectivity index (χ2n) is 26.0. The zero-order valence-corrected chi connectivity index (χ0v) is 48.3. The second kappa shape index (κ2) is 22.8. The summed E-state index contributed by atoms with van der Waals surface area (Å²) >= 11 is 0. The first-order chi connectivity index (χ1) is 38.1. The predicted molar refractivity (Wildman–Crippen MR) is 275 cm³/mol. The number of hydrogen-bond donors (Lipinski definition) is 13. The number of aliphatic hydroxyl groups is 12. The molecule has 4 aliphatic carbocycles. The number of aliphatic hydroxyl groups excluding tert-OH is 10. The Balaban J connectivity index is 0.915. The summed E-state index contributed by atoms with van der Waals surface area (Å²) in [5.41, 5.74) is -7.33. The molecule has 9 aliphatic rings. The van der Waals surface area contributed by atoms with Crippen molar-refractivity contribution in [3.05, 3.63) is 23.8 Å². The molecule has 13 N–H and O–H groups in total. The van der Waals surface area contributed by atoms with E-state index in [1.165, 1.54) is 14.0 Å². The van der Waals surface area contributed by atoms with Crippen molar-refractivity contribution < 1.29 is 131 Å². The maximum atomic E-state index is 14.5. The Bertz CT molecular complexity index is 2480. The summed E-state index contributed by atoms with van der Waals surface area (Å²) in [7, 11) is -4.02. The van der Waals surface area contributed by atoms with Crippen LogP contribution in [0.3, 0.4) is 0 Å². The summed E-state index contributed by atoms with van der Waals surface area (Å²) in [6.45, 7) is 12.2. The van der Waals surface area contributed by atoms with Crippen molar-refractivity contribution in [1.82, 2.24) is 0 Å². The van der Waals surface area contributed by atoms with Crippen LogP contribution in [-0.2, 0) is 66.7 Å². The molecule has 28 atom stereocenters. The van der Waals surface area contributed by atoms with Crippen LogP contribution in [0.2, 0.25) is 0 Å². The van der Waals surface area contributed by atoms with Gasteiger partial charge in [-0.1, -0.05) is 45.4 Å². The summed E-state index contributed by atoms with van der Waals surface area (Å²) < 4.78 is 97.7. The van der Waals surface area contributed by atoms with Gasteiger partial charge in [-0.05, 0) is 107 Å². The fourth-order valence-electron chi connectivity index (χ4n) is 16.0. The minimum Gasteiger partial charge on any atom is -0.451 e. The highest BCUT2D eigenvalue weighted by Crippen LogP contribution is 2.77. The molecule has 5 heterocycles. The van der Waals surface area contributed by atoms with Crippen LogP contribution in [0.25, 0.3) is 0 Å². The lowest BCUT2D eigenvalue weighted by Gasteiger charge is -2.64. The molecule has 8 fully saturated rings. The van der Waals surface area contributed by atoms with Crippen molar-refractivity contribution in [3.8, 4) is 0 Å². The van der Waals surface area contributed by atoms with E-state index in [0.717, 1.165) is 5.57 Å². The SMILES string of the molecule is CO[C@@H]1[C@@H](O)[C@H](O[C@@H]2[C@@H](O)[C@H](O[C@H]3[C@H](O)[C@@H](O)[C@H](O[C@H]4[C@H](O[C@H]5CC[C@]6(C)C7=C[C@H](O)[C@]89C(=O)O[C@@](C)(/C=C/CC(C)(C)O)[C@@]8(O)CC[C@@]9(C)[C@@H]7CCC6C5(C)C)OC[C@@H](OS(=O)(=O)O)[C@@H]4O)O[C@@H]3C)O[C@H](CO)[C@H]2O)O[C@H](CO)[C@H]1O. The highest BCUT2D eigenvalue weighted by Gasteiger charge is 2.85. The Morgan fingerprint density at radius 3 is 1.90 bits per heavy atom. The molecule has 1 spiro atoms. The van der Waals surface area contributed by atoms with Crippen molar-refractivity contribution >= 4 is 16.4 Å². The molecular formula is C54H86O27S. The molecule has 27 nitrogen and oxygen atoms in total. The Labute approximate surface area is 475 Å². The number of ether oxygens (including phenoxy) is 10. The average molecular weight is 1200 g/mol. The summed E-state index contributed by atoms with van der Waals surface area (Å²) in [5, 5.41) is 135. The third kappa shape index (κ3) is 10.5. The molecule has 1 unspecified atom stereocenters. The number of hydrogen-bond acceptors (Lipinski definition) is 26. The van der Waals surface area contributed by atoms with Crippen LogP contribution in [0.5, 0.6) is 0 Å². The first-order valence-corrected chi connectivity index (χ1v) is 29.6. The quantitative estimate of drug-likeness (QED) is 0.0329. The Morgan fingerprint density at radius 2 is 1.30 bits per heavy atom. The minimum absolute atomic E-state index is 0.149. The van der Waals surface area contributed by atoms with Gasteiger partial charge in [0.05, 0.1) is 43.7 Å². The zero-order valence-electron chi connectivity index (χ0n) is 47.5. The van der Waals surface area contributed by atoms with E-state index in [-0.39, 0.29) is 24.7 Å². The van der Waals surface area contributed by atoms with E-state index in [2.05, 4.69) is 6.92 Å². The van der Waals surface area contributed by atoms with Crippen LogP contribution in [0, 0.1) is 33.5 Å². The Hall–Kier alpha value is -2.02. The van der Waals surface area contributed by atoms with Crippen LogP contribution in [0.1, 0.15) is 100 Å². The third-order valence-corrected chi connectivity index (χ3v) is 20.8.